The van der Waals surface area contributed by atoms with Crippen LogP contribution in [0.25, 0.3) is 5.76 Å². The Bertz CT molecular complexity index is 1650. The first-order chi connectivity index (χ1) is 20.9. The summed E-state index contributed by atoms with van der Waals surface area (Å²) >= 11 is 2.72. The molecule has 43 heavy (non-hydrogen) atoms. The van der Waals surface area contributed by atoms with E-state index < -0.39 is 17.7 Å². The van der Waals surface area contributed by atoms with E-state index in [1.807, 2.05) is 13.8 Å². The third-order valence-corrected chi connectivity index (χ3v) is 8.80. The van der Waals surface area contributed by atoms with Gasteiger partial charge in [0, 0.05) is 11.3 Å². The Morgan fingerprint density at radius 2 is 1.81 bits per heavy atom. The van der Waals surface area contributed by atoms with Gasteiger partial charge in [0.05, 0.1) is 18.2 Å². The van der Waals surface area contributed by atoms with E-state index in [0.717, 1.165) is 12.0 Å². The van der Waals surface area contributed by atoms with E-state index in [-0.39, 0.29) is 23.1 Å². The first kappa shape index (κ1) is 30.1. The number of nitrogens with zero attached hydrogens (tertiary/aromatic N) is 3. The predicted octanol–water partition coefficient (Wildman–Crippen LogP) is 7.12. The van der Waals surface area contributed by atoms with Gasteiger partial charge in [0.25, 0.3) is 5.78 Å². The van der Waals surface area contributed by atoms with Crippen LogP contribution in [0, 0.1) is 6.92 Å². The third-order valence-electron chi connectivity index (χ3n) is 6.67. The highest BCUT2D eigenvalue weighted by Crippen LogP contribution is 2.44. The molecule has 0 saturated carbocycles. The number of ether oxygens (including phenoxy) is 2. The Morgan fingerprint density at radius 3 is 2.53 bits per heavy atom. The lowest BCUT2D eigenvalue weighted by atomic mass is 9.95. The fraction of sp³-hybridized carbons (Fsp3) is 0.212. The second kappa shape index (κ2) is 13.7. The van der Waals surface area contributed by atoms with Crippen LogP contribution in [0.2, 0.25) is 0 Å². The van der Waals surface area contributed by atoms with E-state index in [9.17, 15) is 14.7 Å². The SMILES string of the molecule is C=CCOc1cccc(C2/C(=C(\O)c3ccc(OCCC)cc3)C(=O)C(=O)N2c2nnc(SCc3ccc(C)cc3)s2)c1. The lowest BCUT2D eigenvalue weighted by Crippen LogP contribution is -2.29. The second-order valence-electron chi connectivity index (χ2n) is 9.84. The molecule has 1 N–H and O–H groups in total. The average Bonchev–Trinajstić information content (AvgIpc) is 3.60. The minimum Gasteiger partial charge on any atom is -0.507 e. The Kier molecular flexibility index (Phi) is 9.58. The van der Waals surface area contributed by atoms with Gasteiger partial charge in [0.15, 0.2) is 4.34 Å². The summed E-state index contributed by atoms with van der Waals surface area (Å²) < 4.78 is 12.0. The van der Waals surface area contributed by atoms with Crippen LogP contribution in [0.1, 0.15) is 41.6 Å². The number of Topliss-reactive ketones (excluding diaryl/α,β-unsaturated/α-hetero) is 1. The van der Waals surface area contributed by atoms with Gasteiger partial charge in [-0.25, -0.2) is 0 Å². The minimum atomic E-state index is -0.953. The summed E-state index contributed by atoms with van der Waals surface area (Å²) in [4.78, 5) is 28.5. The number of aliphatic hydroxyl groups is 1. The molecule has 2 heterocycles. The van der Waals surface area contributed by atoms with E-state index in [1.54, 1.807) is 54.6 Å². The summed E-state index contributed by atoms with van der Waals surface area (Å²) in [5.41, 5.74) is 3.24. The molecule has 1 unspecified atom stereocenters. The lowest BCUT2D eigenvalue weighted by Gasteiger charge is -2.23. The molecule has 1 saturated heterocycles. The van der Waals surface area contributed by atoms with E-state index in [4.69, 9.17) is 9.47 Å². The molecule has 1 fully saturated rings. The number of hydrogen-bond donors (Lipinski definition) is 1. The maximum atomic E-state index is 13.6. The maximum Gasteiger partial charge on any atom is 0.301 e. The summed E-state index contributed by atoms with van der Waals surface area (Å²) in [7, 11) is 0. The zero-order valence-corrected chi connectivity index (χ0v) is 25.5. The molecule has 0 aliphatic carbocycles. The van der Waals surface area contributed by atoms with Gasteiger partial charge in [-0.1, -0.05) is 84.6 Å². The fourth-order valence-electron chi connectivity index (χ4n) is 4.55. The molecule has 220 valence electrons. The largest absolute Gasteiger partial charge is 0.507 e. The number of anilines is 1. The molecule has 1 aromatic heterocycles. The number of aliphatic hydroxyl groups excluding tert-OH is 1. The molecule has 4 aromatic rings. The van der Waals surface area contributed by atoms with Crippen molar-refractivity contribution in [2.45, 2.75) is 36.4 Å². The number of amides is 1. The van der Waals surface area contributed by atoms with Crippen LogP contribution in [0.3, 0.4) is 0 Å². The van der Waals surface area contributed by atoms with Crippen molar-refractivity contribution in [1.29, 1.82) is 0 Å². The van der Waals surface area contributed by atoms with E-state index >= 15 is 0 Å². The number of thioether (sulfide) groups is 1. The van der Waals surface area contributed by atoms with Gasteiger partial charge in [-0.15, -0.1) is 10.2 Å². The quantitative estimate of drug-likeness (QED) is 0.0450. The number of rotatable bonds is 12. The van der Waals surface area contributed by atoms with Crippen molar-refractivity contribution in [2.75, 3.05) is 18.1 Å². The van der Waals surface area contributed by atoms with Crippen LogP contribution in [0.5, 0.6) is 11.5 Å². The van der Waals surface area contributed by atoms with Gasteiger partial charge in [0.2, 0.25) is 5.13 Å². The molecule has 3 aromatic carbocycles. The van der Waals surface area contributed by atoms with Crippen LogP contribution >= 0.6 is 23.1 Å². The molecule has 0 radical (unpaired) electrons. The van der Waals surface area contributed by atoms with Crippen molar-refractivity contribution < 1.29 is 24.2 Å². The molecule has 1 aliphatic rings. The van der Waals surface area contributed by atoms with Gasteiger partial charge >= 0.3 is 5.91 Å². The van der Waals surface area contributed by atoms with Crippen molar-refractivity contribution in [3.8, 4) is 11.5 Å². The first-order valence-corrected chi connectivity index (χ1v) is 15.6. The first-order valence-electron chi connectivity index (χ1n) is 13.8. The second-order valence-corrected chi connectivity index (χ2v) is 12.0. The van der Waals surface area contributed by atoms with Crippen LogP contribution < -0.4 is 14.4 Å². The van der Waals surface area contributed by atoms with Crippen molar-refractivity contribution >= 4 is 45.7 Å². The number of benzene rings is 3. The number of carbonyl (C=O) groups excluding carboxylic acids is 2. The molecule has 1 amide bonds. The minimum absolute atomic E-state index is 0.0443. The zero-order valence-electron chi connectivity index (χ0n) is 23.9. The predicted molar refractivity (Wildman–Crippen MR) is 170 cm³/mol. The Hall–Kier alpha value is -4.41. The summed E-state index contributed by atoms with van der Waals surface area (Å²) in [6.45, 7) is 8.59. The van der Waals surface area contributed by atoms with Crippen molar-refractivity contribution in [3.63, 3.8) is 0 Å². The number of ketones is 1. The monoisotopic (exact) mass is 613 g/mol. The Labute approximate surface area is 258 Å². The van der Waals surface area contributed by atoms with Crippen LogP contribution in [0.15, 0.2) is 95.4 Å². The highest BCUT2D eigenvalue weighted by atomic mass is 32.2. The molecule has 1 atom stereocenters. The Morgan fingerprint density at radius 1 is 1.05 bits per heavy atom. The van der Waals surface area contributed by atoms with Crippen molar-refractivity contribution in [1.82, 2.24) is 10.2 Å². The molecular weight excluding hydrogens is 583 g/mol. The number of aromatic nitrogens is 2. The summed E-state index contributed by atoms with van der Waals surface area (Å²) in [5, 5.41) is 20.3. The summed E-state index contributed by atoms with van der Waals surface area (Å²) in [6.07, 6.45) is 2.49. The van der Waals surface area contributed by atoms with E-state index in [1.165, 1.54) is 33.6 Å². The third kappa shape index (κ3) is 6.81. The normalized spacial score (nSPS) is 16.0. The fourth-order valence-corrected chi connectivity index (χ4v) is 6.37. The van der Waals surface area contributed by atoms with Gasteiger partial charge in [-0.3, -0.25) is 14.5 Å². The standard InChI is InChI=1S/C33H31N3O5S2/c1-4-17-40-25-15-13-23(14-16-25)29(37)27-28(24-7-6-8-26(19-24)41-18-5-2)36(31(39)30(27)38)32-34-35-33(43-32)42-20-22-11-9-21(3)10-12-22/h5-16,19,28,37H,2,4,17-18,20H2,1,3H3/b29-27+. The van der Waals surface area contributed by atoms with E-state index in [0.29, 0.717) is 39.3 Å². The zero-order chi connectivity index (χ0) is 30.3. The molecule has 0 spiro atoms. The van der Waals surface area contributed by atoms with Crippen LogP contribution in [-0.2, 0) is 15.3 Å². The summed E-state index contributed by atoms with van der Waals surface area (Å²) in [5.74, 6) is -0.0335. The van der Waals surface area contributed by atoms with Gasteiger partial charge in [0.1, 0.15) is 23.9 Å². The smallest absolute Gasteiger partial charge is 0.301 e. The molecular formula is C33H31N3O5S2. The van der Waals surface area contributed by atoms with Gasteiger partial charge in [-0.05, 0) is 60.9 Å². The van der Waals surface area contributed by atoms with Crippen molar-refractivity contribution in [3.05, 3.63) is 113 Å². The maximum absolute atomic E-state index is 13.6. The Balaban J connectivity index is 1.52. The average molecular weight is 614 g/mol. The van der Waals surface area contributed by atoms with Gasteiger partial charge in [-0.2, -0.15) is 0 Å². The molecule has 0 bridgehead atoms. The van der Waals surface area contributed by atoms with Crippen LogP contribution in [-0.4, -0.2) is 40.2 Å². The molecule has 10 heteroatoms. The van der Waals surface area contributed by atoms with E-state index in [2.05, 4.69) is 41.0 Å². The number of aryl methyl sites for hydroxylation is 1. The highest BCUT2D eigenvalue weighted by molar-refractivity contribution is 8.00. The topological polar surface area (TPSA) is 102 Å². The molecule has 8 nitrogen and oxygen atoms in total. The molecule has 1 aliphatic heterocycles. The highest BCUT2D eigenvalue weighted by Gasteiger charge is 2.48. The lowest BCUT2D eigenvalue weighted by molar-refractivity contribution is -0.132. The molecule has 5 rings (SSSR count). The number of hydrogen-bond acceptors (Lipinski definition) is 9. The number of carbonyl (C=O) groups is 2. The summed E-state index contributed by atoms with van der Waals surface area (Å²) in [6, 6.07) is 21.1. The van der Waals surface area contributed by atoms with Crippen LogP contribution in [0.4, 0.5) is 5.13 Å². The van der Waals surface area contributed by atoms with Crippen molar-refractivity contribution in [2.24, 2.45) is 0 Å². The van der Waals surface area contributed by atoms with Gasteiger partial charge < -0.3 is 14.6 Å².